The van der Waals surface area contributed by atoms with Crippen LogP contribution in [0.25, 0.3) is 22.0 Å². The van der Waals surface area contributed by atoms with E-state index in [1.165, 1.54) is 32.3 Å². The Kier molecular flexibility index (Phi) is 8.12. The van der Waals surface area contributed by atoms with E-state index in [-0.39, 0.29) is 22.9 Å². The largest absolute Gasteiger partial charge is 0.337 e. The third-order valence-corrected chi connectivity index (χ3v) is 9.97. The fourth-order valence-corrected chi connectivity index (χ4v) is 5.98. The van der Waals surface area contributed by atoms with Gasteiger partial charge in [-0.2, -0.15) is 0 Å². The van der Waals surface area contributed by atoms with E-state index < -0.39 is 30.9 Å². The van der Waals surface area contributed by atoms with Crippen molar-refractivity contribution in [2.75, 3.05) is 20.6 Å². The zero-order valence-electron chi connectivity index (χ0n) is 20.2. The lowest BCUT2D eigenvalue weighted by atomic mass is 10.0. The Balaban J connectivity index is 2.34. The van der Waals surface area contributed by atoms with Crippen LogP contribution in [0.2, 0.25) is 0 Å². The van der Waals surface area contributed by atoms with Gasteiger partial charge in [-0.25, -0.2) is 30.4 Å². The molecule has 2 aromatic carbocycles. The second-order valence-electron chi connectivity index (χ2n) is 8.62. The normalized spacial score (nSPS) is 13.3. The maximum Gasteiger partial charge on any atom is 0.242 e. The minimum atomic E-state index is -3.70. The summed E-state index contributed by atoms with van der Waals surface area (Å²) in [6.45, 7) is 5.06. The molecule has 190 valence electrons. The fourth-order valence-electron chi connectivity index (χ4n) is 3.87. The minimum Gasteiger partial charge on any atom is -0.337 e. The van der Waals surface area contributed by atoms with Crippen molar-refractivity contribution in [3.8, 4) is 11.1 Å². The van der Waals surface area contributed by atoms with Crippen molar-refractivity contribution < 1.29 is 21.2 Å². The number of allylic oxidation sites excluding steroid dienone is 1. The van der Waals surface area contributed by atoms with E-state index in [2.05, 4.69) is 4.84 Å². The van der Waals surface area contributed by atoms with Crippen molar-refractivity contribution in [2.24, 2.45) is 0 Å². The second kappa shape index (κ2) is 10.4. The molecular formula is C24H29ClFN3O4S2. The second-order valence-corrected chi connectivity index (χ2v) is 13.5. The summed E-state index contributed by atoms with van der Waals surface area (Å²) in [7, 11) is -4.36. The Labute approximate surface area is 211 Å². The molecule has 0 unspecified atom stereocenters. The fraction of sp³-hybridized carbons (Fsp3) is 0.333. The molecule has 0 radical (unpaired) electrons. The predicted molar refractivity (Wildman–Crippen MR) is 138 cm³/mol. The molecule has 35 heavy (non-hydrogen) atoms. The van der Waals surface area contributed by atoms with E-state index in [9.17, 15) is 21.2 Å². The summed E-state index contributed by atoms with van der Waals surface area (Å²) in [5.74, 6) is -0.424. The number of halogens is 2. The van der Waals surface area contributed by atoms with E-state index in [4.69, 9.17) is 11.8 Å². The van der Waals surface area contributed by atoms with Crippen LogP contribution < -0.4 is 4.84 Å². The molecule has 0 saturated heterocycles. The number of sulfone groups is 1. The number of hydrogen-bond donors (Lipinski definition) is 1. The van der Waals surface area contributed by atoms with Gasteiger partial charge in [0.2, 0.25) is 10.0 Å². The van der Waals surface area contributed by atoms with Crippen LogP contribution >= 0.6 is 11.8 Å². The summed E-state index contributed by atoms with van der Waals surface area (Å²) in [6.07, 6.45) is 1.32. The number of aromatic nitrogens is 1. The lowest BCUT2D eigenvalue weighted by Gasteiger charge is -2.13. The van der Waals surface area contributed by atoms with Gasteiger partial charge in [0.25, 0.3) is 0 Å². The Morgan fingerprint density at radius 1 is 1.11 bits per heavy atom. The van der Waals surface area contributed by atoms with Gasteiger partial charge in [0, 0.05) is 42.8 Å². The number of fused-ring (bicyclic) bond motifs is 1. The van der Waals surface area contributed by atoms with Crippen molar-refractivity contribution in [1.29, 1.82) is 0 Å². The maximum atomic E-state index is 14.6. The minimum absolute atomic E-state index is 0.0904. The summed E-state index contributed by atoms with van der Waals surface area (Å²) < 4.78 is 68.8. The molecule has 0 atom stereocenters. The van der Waals surface area contributed by atoms with Crippen molar-refractivity contribution in [2.45, 2.75) is 42.4 Å². The predicted octanol–water partition coefficient (Wildman–Crippen LogP) is 4.65. The van der Waals surface area contributed by atoms with Crippen LogP contribution in [0.15, 0.2) is 64.2 Å². The first kappa shape index (κ1) is 27.3. The highest BCUT2D eigenvalue weighted by Crippen LogP contribution is 2.38. The van der Waals surface area contributed by atoms with Gasteiger partial charge >= 0.3 is 0 Å². The Morgan fingerprint density at radius 3 is 2.40 bits per heavy atom. The molecule has 7 nitrogen and oxygen atoms in total. The van der Waals surface area contributed by atoms with E-state index in [0.29, 0.717) is 27.7 Å². The number of benzene rings is 2. The van der Waals surface area contributed by atoms with Gasteiger partial charge in [0.15, 0.2) is 9.84 Å². The third-order valence-electron chi connectivity index (χ3n) is 5.86. The molecule has 0 aliphatic carbocycles. The van der Waals surface area contributed by atoms with Crippen molar-refractivity contribution in [3.05, 3.63) is 60.1 Å². The lowest BCUT2D eigenvalue weighted by molar-refractivity contribution is 0.521. The molecule has 0 fully saturated rings. The average Bonchev–Trinajstić information content (AvgIpc) is 3.08. The SMILES string of the molecule is Cc1c(-c2cccc(S(=O)(=O)N(C)C)c2)c2cc(S(=O)(=O)C(C)C)ccc2n1C/C(F)=C/CNCl. The molecule has 0 aliphatic heterocycles. The summed E-state index contributed by atoms with van der Waals surface area (Å²) in [5, 5.41) is -0.0320. The first-order valence-corrected chi connectivity index (χ1v) is 14.3. The Bertz CT molecular complexity index is 1490. The molecular weight excluding hydrogens is 513 g/mol. The average molecular weight is 542 g/mol. The van der Waals surface area contributed by atoms with Crippen LogP contribution in [-0.4, -0.2) is 51.6 Å². The van der Waals surface area contributed by atoms with Gasteiger partial charge < -0.3 is 4.57 Å². The third kappa shape index (κ3) is 5.31. The van der Waals surface area contributed by atoms with Crippen LogP contribution in [0.3, 0.4) is 0 Å². The smallest absolute Gasteiger partial charge is 0.242 e. The zero-order chi connectivity index (χ0) is 26.1. The highest BCUT2D eigenvalue weighted by atomic mass is 35.5. The number of sulfonamides is 1. The molecule has 3 rings (SSSR count). The highest BCUT2D eigenvalue weighted by molar-refractivity contribution is 7.92. The molecule has 0 saturated carbocycles. The molecule has 0 spiro atoms. The Morgan fingerprint density at radius 2 is 1.80 bits per heavy atom. The van der Waals surface area contributed by atoms with Gasteiger partial charge in [0.05, 0.1) is 21.6 Å². The van der Waals surface area contributed by atoms with Crippen LogP contribution in [-0.2, 0) is 26.4 Å². The first-order valence-electron chi connectivity index (χ1n) is 10.9. The molecule has 0 bridgehead atoms. The highest BCUT2D eigenvalue weighted by Gasteiger charge is 2.24. The quantitative estimate of drug-likeness (QED) is 0.398. The summed E-state index contributed by atoms with van der Waals surface area (Å²) in [6, 6.07) is 11.2. The van der Waals surface area contributed by atoms with Gasteiger partial charge in [0.1, 0.15) is 5.83 Å². The van der Waals surface area contributed by atoms with Crippen molar-refractivity contribution in [3.63, 3.8) is 0 Å². The van der Waals surface area contributed by atoms with Crippen LogP contribution in [0, 0.1) is 6.92 Å². The number of hydrogen-bond acceptors (Lipinski definition) is 5. The van der Waals surface area contributed by atoms with E-state index >= 15 is 0 Å². The summed E-state index contributed by atoms with van der Waals surface area (Å²) in [5.41, 5.74) is 2.52. The van der Waals surface area contributed by atoms with Crippen molar-refractivity contribution >= 4 is 42.5 Å². The molecule has 1 aromatic heterocycles. The molecule has 3 aromatic rings. The zero-order valence-corrected chi connectivity index (χ0v) is 22.6. The van der Waals surface area contributed by atoms with E-state index in [1.54, 1.807) is 55.7 Å². The standard InChI is InChI=1S/C24H29ClFN3O4S2/c1-16(2)34(30,31)20-9-10-23-22(14-20)24(17(3)29(23)15-19(26)11-12-27-25)18-7-6-8-21(13-18)35(32,33)28(4)5/h6-11,13-14,16,27H,12,15H2,1-5H3/b19-11-. The Hall–Kier alpha value is -2.24. The van der Waals surface area contributed by atoms with Crippen LogP contribution in [0.5, 0.6) is 0 Å². The summed E-state index contributed by atoms with van der Waals surface area (Å²) >= 11 is 5.44. The van der Waals surface area contributed by atoms with Crippen LogP contribution in [0.4, 0.5) is 4.39 Å². The molecule has 1 N–H and O–H groups in total. The van der Waals surface area contributed by atoms with Gasteiger partial charge in [-0.3, -0.25) is 0 Å². The molecule has 0 aliphatic rings. The van der Waals surface area contributed by atoms with E-state index in [0.717, 1.165) is 4.31 Å². The van der Waals surface area contributed by atoms with Crippen LogP contribution in [0.1, 0.15) is 19.5 Å². The number of rotatable bonds is 9. The molecule has 0 amide bonds. The molecule has 11 heteroatoms. The topological polar surface area (TPSA) is 88.5 Å². The monoisotopic (exact) mass is 541 g/mol. The summed E-state index contributed by atoms with van der Waals surface area (Å²) in [4.78, 5) is 2.60. The van der Waals surface area contributed by atoms with Gasteiger partial charge in [-0.05, 0) is 74.5 Å². The van der Waals surface area contributed by atoms with E-state index in [1.807, 2.05) is 0 Å². The van der Waals surface area contributed by atoms with Gasteiger partial charge in [-0.1, -0.05) is 12.1 Å². The number of nitrogens with zero attached hydrogens (tertiary/aromatic N) is 2. The molecule has 1 heterocycles. The van der Waals surface area contributed by atoms with Crippen molar-refractivity contribution in [1.82, 2.24) is 13.7 Å². The van der Waals surface area contributed by atoms with Gasteiger partial charge in [-0.15, -0.1) is 0 Å². The number of nitrogens with one attached hydrogen (secondary N) is 1. The lowest BCUT2D eigenvalue weighted by Crippen LogP contribution is -2.22. The first-order chi connectivity index (χ1) is 16.3. The maximum absolute atomic E-state index is 14.6.